The highest BCUT2D eigenvalue weighted by molar-refractivity contribution is 6.07. The van der Waals surface area contributed by atoms with Gasteiger partial charge < -0.3 is 10.1 Å². The Morgan fingerprint density at radius 2 is 1.79 bits per heavy atom. The van der Waals surface area contributed by atoms with E-state index in [1.165, 1.54) is 29.2 Å². The zero-order valence-electron chi connectivity index (χ0n) is 14.1. The van der Waals surface area contributed by atoms with Crippen LogP contribution in [0.15, 0.2) is 24.3 Å². The average Bonchev–Trinajstić information content (AvgIpc) is 2.71. The van der Waals surface area contributed by atoms with E-state index in [1.807, 2.05) is 18.7 Å². The molecular formula is C17H22FN3O3. The second kappa shape index (κ2) is 6.14. The first-order valence-corrected chi connectivity index (χ1v) is 8.07. The van der Waals surface area contributed by atoms with Gasteiger partial charge >= 0.3 is 6.03 Å². The maximum Gasteiger partial charge on any atom is 0.326 e. The van der Waals surface area contributed by atoms with Crippen molar-refractivity contribution in [3.63, 3.8) is 0 Å². The van der Waals surface area contributed by atoms with Crippen LogP contribution in [0, 0.1) is 5.82 Å². The Morgan fingerprint density at radius 1 is 1.21 bits per heavy atom. The van der Waals surface area contributed by atoms with Crippen LogP contribution in [-0.2, 0) is 15.1 Å². The fourth-order valence-corrected chi connectivity index (χ4v) is 3.40. The lowest BCUT2D eigenvalue weighted by Gasteiger charge is -2.36. The van der Waals surface area contributed by atoms with Crippen molar-refractivity contribution < 1.29 is 18.7 Å². The summed E-state index contributed by atoms with van der Waals surface area (Å²) in [5.41, 5.74) is -0.609. The summed E-state index contributed by atoms with van der Waals surface area (Å²) in [6.07, 6.45) is 0.107. The summed E-state index contributed by atoms with van der Waals surface area (Å²) in [5.74, 6) is -0.710. The summed E-state index contributed by atoms with van der Waals surface area (Å²) in [7, 11) is 0. The van der Waals surface area contributed by atoms with E-state index in [9.17, 15) is 14.0 Å². The molecule has 3 atom stereocenters. The van der Waals surface area contributed by atoms with Gasteiger partial charge in [0.1, 0.15) is 11.4 Å². The molecule has 0 unspecified atom stereocenters. The predicted octanol–water partition coefficient (Wildman–Crippen LogP) is 1.66. The van der Waals surface area contributed by atoms with Gasteiger partial charge in [-0.1, -0.05) is 12.1 Å². The molecule has 7 heteroatoms. The number of benzene rings is 1. The molecule has 1 aromatic rings. The predicted molar refractivity (Wildman–Crippen MR) is 85.6 cm³/mol. The first-order valence-electron chi connectivity index (χ1n) is 8.07. The molecule has 3 rings (SSSR count). The highest BCUT2D eigenvalue weighted by Crippen LogP contribution is 2.29. The number of rotatable bonds is 3. The highest BCUT2D eigenvalue weighted by Gasteiger charge is 2.49. The van der Waals surface area contributed by atoms with Crippen LogP contribution >= 0.6 is 0 Å². The van der Waals surface area contributed by atoms with Gasteiger partial charge in [-0.25, -0.2) is 14.1 Å². The number of ether oxygens (including phenoxy) is 1. The Hall–Kier alpha value is -1.99. The number of imide groups is 1. The van der Waals surface area contributed by atoms with Gasteiger partial charge in [0.2, 0.25) is 0 Å². The lowest BCUT2D eigenvalue weighted by Crippen LogP contribution is -2.51. The molecule has 0 radical (unpaired) electrons. The van der Waals surface area contributed by atoms with Gasteiger partial charge in [-0.15, -0.1) is 0 Å². The first kappa shape index (κ1) is 16.9. The van der Waals surface area contributed by atoms with E-state index in [0.717, 1.165) is 0 Å². The number of urea groups is 1. The molecule has 24 heavy (non-hydrogen) atoms. The standard InChI is InChI=1S/C17H22FN3O3/c1-11-8-20(9-12(2)24-11)10-21-15(22)17(3,19-16(21)23)13-4-6-14(18)7-5-13/h4-7,11-12H,8-10H2,1-3H3,(H,19,23)/t11-,12+,17-/m1/s1. The fraction of sp³-hybridized carbons (Fsp3) is 0.529. The van der Waals surface area contributed by atoms with E-state index >= 15 is 0 Å². The van der Waals surface area contributed by atoms with Crippen molar-refractivity contribution in [1.82, 2.24) is 15.1 Å². The van der Waals surface area contributed by atoms with Crippen molar-refractivity contribution in [2.75, 3.05) is 19.8 Å². The second-order valence-corrected chi connectivity index (χ2v) is 6.73. The number of halogens is 1. The Balaban J connectivity index is 1.77. The van der Waals surface area contributed by atoms with Gasteiger partial charge in [0.25, 0.3) is 5.91 Å². The number of nitrogens with zero attached hydrogens (tertiary/aromatic N) is 2. The van der Waals surface area contributed by atoms with Crippen molar-refractivity contribution in [3.8, 4) is 0 Å². The highest BCUT2D eigenvalue weighted by atomic mass is 19.1. The molecule has 0 spiro atoms. The van der Waals surface area contributed by atoms with Crippen LogP contribution < -0.4 is 5.32 Å². The summed E-state index contributed by atoms with van der Waals surface area (Å²) < 4.78 is 18.8. The van der Waals surface area contributed by atoms with Gasteiger partial charge in [0.05, 0.1) is 18.9 Å². The summed E-state index contributed by atoms with van der Waals surface area (Å²) in [4.78, 5) is 28.4. The van der Waals surface area contributed by atoms with Crippen molar-refractivity contribution >= 4 is 11.9 Å². The van der Waals surface area contributed by atoms with E-state index < -0.39 is 11.6 Å². The van der Waals surface area contributed by atoms with Crippen LogP contribution in [0.1, 0.15) is 26.3 Å². The zero-order chi connectivity index (χ0) is 17.5. The third kappa shape index (κ3) is 3.01. The number of amides is 3. The molecule has 2 aliphatic rings. The SMILES string of the molecule is C[C@@H]1CN(CN2C(=O)N[C@](C)(c3ccc(F)cc3)C2=O)C[C@H](C)O1. The van der Waals surface area contributed by atoms with Crippen LogP contribution in [0.5, 0.6) is 0 Å². The third-order valence-electron chi connectivity index (χ3n) is 4.53. The van der Waals surface area contributed by atoms with Crippen molar-refractivity contribution in [3.05, 3.63) is 35.6 Å². The molecule has 2 saturated heterocycles. The molecule has 130 valence electrons. The molecule has 2 heterocycles. The fourth-order valence-electron chi connectivity index (χ4n) is 3.40. The summed E-state index contributed by atoms with van der Waals surface area (Å²) in [5, 5.41) is 2.73. The summed E-state index contributed by atoms with van der Waals surface area (Å²) >= 11 is 0. The van der Waals surface area contributed by atoms with Crippen molar-refractivity contribution in [1.29, 1.82) is 0 Å². The monoisotopic (exact) mass is 335 g/mol. The maximum atomic E-state index is 13.1. The van der Waals surface area contributed by atoms with Crippen LogP contribution in [-0.4, -0.2) is 53.7 Å². The molecule has 1 aromatic carbocycles. The molecule has 0 aliphatic carbocycles. The smallest absolute Gasteiger partial charge is 0.326 e. The molecule has 2 aliphatic heterocycles. The van der Waals surface area contributed by atoms with Gasteiger partial charge in [-0.2, -0.15) is 0 Å². The zero-order valence-corrected chi connectivity index (χ0v) is 14.1. The summed E-state index contributed by atoms with van der Waals surface area (Å²) in [6.45, 7) is 7.13. The first-order chi connectivity index (χ1) is 11.3. The number of carbonyl (C=O) groups excluding carboxylic acids is 2. The number of carbonyl (C=O) groups is 2. The second-order valence-electron chi connectivity index (χ2n) is 6.73. The van der Waals surface area contributed by atoms with E-state index in [-0.39, 0.29) is 30.6 Å². The normalized spacial score (nSPS) is 31.4. The minimum atomic E-state index is -1.17. The molecule has 1 N–H and O–H groups in total. The molecule has 0 saturated carbocycles. The van der Waals surface area contributed by atoms with Crippen LogP contribution in [0.3, 0.4) is 0 Å². The van der Waals surface area contributed by atoms with E-state index in [2.05, 4.69) is 5.32 Å². The lowest BCUT2D eigenvalue weighted by molar-refractivity contribution is -0.135. The van der Waals surface area contributed by atoms with Gasteiger partial charge in [-0.3, -0.25) is 9.69 Å². The van der Waals surface area contributed by atoms with E-state index in [0.29, 0.717) is 18.7 Å². The number of morpholine rings is 1. The van der Waals surface area contributed by atoms with Crippen LogP contribution in [0.4, 0.5) is 9.18 Å². The lowest BCUT2D eigenvalue weighted by atomic mass is 9.92. The number of nitrogens with one attached hydrogen (secondary N) is 1. The van der Waals surface area contributed by atoms with Crippen LogP contribution in [0.25, 0.3) is 0 Å². The van der Waals surface area contributed by atoms with Crippen LogP contribution in [0.2, 0.25) is 0 Å². The van der Waals surface area contributed by atoms with Crippen molar-refractivity contribution in [2.45, 2.75) is 38.5 Å². The van der Waals surface area contributed by atoms with Gasteiger partial charge in [0, 0.05) is 13.1 Å². The molecule has 6 nitrogen and oxygen atoms in total. The minimum absolute atomic E-state index is 0.0537. The van der Waals surface area contributed by atoms with Gasteiger partial charge in [-0.05, 0) is 38.5 Å². The summed E-state index contributed by atoms with van der Waals surface area (Å²) in [6, 6.07) is 5.19. The topological polar surface area (TPSA) is 61.9 Å². The molecule has 0 aromatic heterocycles. The minimum Gasteiger partial charge on any atom is -0.373 e. The van der Waals surface area contributed by atoms with E-state index in [1.54, 1.807) is 6.92 Å². The molecule has 0 bridgehead atoms. The Labute approximate surface area is 140 Å². The third-order valence-corrected chi connectivity index (χ3v) is 4.53. The van der Waals surface area contributed by atoms with E-state index in [4.69, 9.17) is 4.74 Å². The number of hydrogen-bond donors (Lipinski definition) is 1. The Kier molecular flexibility index (Phi) is 4.31. The Bertz CT molecular complexity index is 641. The number of hydrogen-bond acceptors (Lipinski definition) is 4. The molecule has 2 fully saturated rings. The molecule has 3 amide bonds. The average molecular weight is 335 g/mol. The largest absolute Gasteiger partial charge is 0.373 e. The molecular weight excluding hydrogens is 313 g/mol. The maximum absolute atomic E-state index is 13.1. The van der Waals surface area contributed by atoms with Crippen molar-refractivity contribution in [2.24, 2.45) is 0 Å². The quantitative estimate of drug-likeness (QED) is 0.854. The Morgan fingerprint density at radius 3 is 2.38 bits per heavy atom. The van der Waals surface area contributed by atoms with Gasteiger partial charge in [0.15, 0.2) is 0 Å².